The minimum absolute atomic E-state index is 0. The molecule has 3 rings (SSSR count). The maximum Gasteiger partial charge on any atom is 0.225 e. The Hall–Kier alpha value is -1.83. The number of carbonyl (C=O) groups excluding carboxylic acids is 1. The van der Waals surface area contributed by atoms with Gasteiger partial charge >= 0.3 is 0 Å². The summed E-state index contributed by atoms with van der Waals surface area (Å²) in [6.07, 6.45) is 2.84. The molecule has 0 aromatic heterocycles. The number of guanidine groups is 1. The molecule has 0 saturated carbocycles. The van der Waals surface area contributed by atoms with E-state index in [9.17, 15) is 4.79 Å². The minimum atomic E-state index is 0. The summed E-state index contributed by atoms with van der Waals surface area (Å²) in [7, 11) is 0. The van der Waals surface area contributed by atoms with Crippen molar-refractivity contribution in [3.8, 4) is 0 Å². The molecule has 1 aliphatic rings. The van der Waals surface area contributed by atoms with E-state index in [1.807, 2.05) is 18.7 Å². The first-order valence-electron chi connectivity index (χ1n) is 10.9. The molecule has 0 aliphatic carbocycles. The van der Waals surface area contributed by atoms with Gasteiger partial charge in [-0.1, -0.05) is 56.3 Å². The zero-order chi connectivity index (χ0) is 20.6. The fourth-order valence-corrected chi connectivity index (χ4v) is 3.92. The molecule has 0 unspecified atom stereocenters. The van der Waals surface area contributed by atoms with E-state index in [0.29, 0.717) is 6.04 Å². The lowest BCUT2D eigenvalue weighted by Crippen LogP contribution is -2.50. The molecule has 6 heteroatoms. The number of hydrogen-bond acceptors (Lipinski definition) is 2. The summed E-state index contributed by atoms with van der Waals surface area (Å²) in [6.45, 7) is 9.26. The lowest BCUT2D eigenvalue weighted by Gasteiger charge is -2.34. The van der Waals surface area contributed by atoms with Gasteiger partial charge in [0.15, 0.2) is 5.96 Å². The quantitative estimate of drug-likeness (QED) is 0.340. The van der Waals surface area contributed by atoms with Crippen LogP contribution in [0.2, 0.25) is 0 Å². The molecule has 2 aromatic rings. The summed E-state index contributed by atoms with van der Waals surface area (Å²) in [5.74, 6) is 1.22. The SMILES string of the molecule is CCNC(=NCCc1cccc2ccccc12)NC1CCN(C(=O)C(C)C)CC1.I. The first-order valence-corrected chi connectivity index (χ1v) is 10.9. The van der Waals surface area contributed by atoms with Gasteiger partial charge in [-0.3, -0.25) is 9.79 Å². The van der Waals surface area contributed by atoms with Crippen molar-refractivity contribution in [3.63, 3.8) is 0 Å². The molecular weight excluding hydrogens is 487 g/mol. The van der Waals surface area contributed by atoms with Crippen molar-refractivity contribution in [1.82, 2.24) is 15.5 Å². The molecule has 1 fully saturated rings. The van der Waals surface area contributed by atoms with Crippen LogP contribution in [0, 0.1) is 5.92 Å². The Morgan fingerprint density at radius 2 is 1.83 bits per heavy atom. The number of amides is 1. The molecule has 1 saturated heterocycles. The molecule has 2 N–H and O–H groups in total. The van der Waals surface area contributed by atoms with Crippen molar-refractivity contribution in [3.05, 3.63) is 48.0 Å². The summed E-state index contributed by atoms with van der Waals surface area (Å²) in [5.41, 5.74) is 1.34. The third-order valence-electron chi connectivity index (χ3n) is 5.52. The predicted molar refractivity (Wildman–Crippen MR) is 137 cm³/mol. The summed E-state index contributed by atoms with van der Waals surface area (Å²) in [4.78, 5) is 19.0. The van der Waals surface area contributed by atoms with Gasteiger partial charge in [0.1, 0.15) is 0 Å². The molecule has 0 bridgehead atoms. The van der Waals surface area contributed by atoms with Crippen LogP contribution in [-0.2, 0) is 11.2 Å². The monoisotopic (exact) mass is 522 g/mol. The second-order valence-electron chi connectivity index (χ2n) is 8.05. The highest BCUT2D eigenvalue weighted by atomic mass is 127. The van der Waals surface area contributed by atoms with Crippen molar-refractivity contribution < 1.29 is 4.79 Å². The van der Waals surface area contributed by atoms with Crippen LogP contribution in [0.5, 0.6) is 0 Å². The van der Waals surface area contributed by atoms with Crippen LogP contribution in [0.15, 0.2) is 47.5 Å². The number of halogens is 1. The van der Waals surface area contributed by atoms with Gasteiger partial charge in [0.25, 0.3) is 0 Å². The van der Waals surface area contributed by atoms with Crippen LogP contribution in [0.25, 0.3) is 10.8 Å². The van der Waals surface area contributed by atoms with E-state index in [0.717, 1.165) is 51.4 Å². The number of rotatable bonds is 6. The molecule has 1 aliphatic heterocycles. The Labute approximate surface area is 197 Å². The van der Waals surface area contributed by atoms with E-state index in [2.05, 4.69) is 60.0 Å². The highest BCUT2D eigenvalue weighted by molar-refractivity contribution is 14.0. The van der Waals surface area contributed by atoms with Crippen LogP contribution in [0.3, 0.4) is 0 Å². The minimum Gasteiger partial charge on any atom is -0.357 e. The number of piperidine rings is 1. The van der Waals surface area contributed by atoms with Gasteiger partial charge in [0, 0.05) is 38.1 Å². The topological polar surface area (TPSA) is 56.7 Å². The largest absolute Gasteiger partial charge is 0.357 e. The molecule has 2 aromatic carbocycles. The lowest BCUT2D eigenvalue weighted by atomic mass is 10.0. The fraction of sp³-hybridized carbons (Fsp3) is 0.500. The first-order chi connectivity index (χ1) is 14.1. The van der Waals surface area contributed by atoms with Gasteiger partial charge in [-0.05, 0) is 42.5 Å². The van der Waals surface area contributed by atoms with E-state index < -0.39 is 0 Å². The highest BCUT2D eigenvalue weighted by Gasteiger charge is 2.24. The van der Waals surface area contributed by atoms with Crippen LogP contribution in [0.4, 0.5) is 0 Å². The molecule has 1 amide bonds. The Kier molecular flexibility index (Phi) is 9.88. The van der Waals surface area contributed by atoms with Crippen LogP contribution in [0.1, 0.15) is 39.2 Å². The first kappa shape index (κ1) is 24.4. The molecule has 164 valence electrons. The summed E-state index contributed by atoms with van der Waals surface area (Å²) in [5, 5.41) is 9.52. The second-order valence-corrected chi connectivity index (χ2v) is 8.05. The van der Waals surface area contributed by atoms with Gasteiger partial charge in [-0.25, -0.2) is 0 Å². The van der Waals surface area contributed by atoms with Crippen molar-refractivity contribution in [2.45, 2.75) is 46.1 Å². The van der Waals surface area contributed by atoms with Crippen molar-refractivity contribution in [2.75, 3.05) is 26.2 Å². The average Bonchev–Trinajstić information content (AvgIpc) is 2.74. The smallest absolute Gasteiger partial charge is 0.225 e. The molecule has 5 nitrogen and oxygen atoms in total. The zero-order valence-corrected chi connectivity index (χ0v) is 20.7. The lowest BCUT2D eigenvalue weighted by molar-refractivity contribution is -0.135. The number of aliphatic imine (C=N–C) groups is 1. The van der Waals surface area contributed by atoms with Crippen LogP contribution >= 0.6 is 24.0 Å². The van der Waals surface area contributed by atoms with E-state index in [-0.39, 0.29) is 35.8 Å². The third kappa shape index (κ3) is 6.59. The Balaban J connectivity index is 0.00000320. The van der Waals surface area contributed by atoms with E-state index in [1.165, 1.54) is 16.3 Å². The van der Waals surface area contributed by atoms with E-state index >= 15 is 0 Å². The van der Waals surface area contributed by atoms with Crippen molar-refractivity contribution >= 4 is 46.6 Å². The highest BCUT2D eigenvalue weighted by Crippen LogP contribution is 2.19. The van der Waals surface area contributed by atoms with Gasteiger partial charge in [-0.2, -0.15) is 0 Å². The van der Waals surface area contributed by atoms with Crippen molar-refractivity contribution in [1.29, 1.82) is 0 Å². The summed E-state index contributed by atoms with van der Waals surface area (Å²) < 4.78 is 0. The molecule has 0 atom stereocenters. The number of hydrogen-bond donors (Lipinski definition) is 2. The Morgan fingerprint density at radius 3 is 2.53 bits per heavy atom. The maximum atomic E-state index is 12.2. The molecule has 30 heavy (non-hydrogen) atoms. The van der Waals surface area contributed by atoms with Crippen LogP contribution < -0.4 is 10.6 Å². The number of carbonyl (C=O) groups is 1. The van der Waals surface area contributed by atoms with Gasteiger partial charge in [-0.15, -0.1) is 24.0 Å². The molecule has 0 spiro atoms. The number of benzene rings is 2. The number of nitrogens with one attached hydrogen (secondary N) is 2. The molecule has 1 heterocycles. The fourth-order valence-electron chi connectivity index (χ4n) is 3.92. The Bertz CT molecular complexity index is 839. The summed E-state index contributed by atoms with van der Waals surface area (Å²) in [6, 6.07) is 15.4. The van der Waals surface area contributed by atoms with Crippen molar-refractivity contribution in [2.24, 2.45) is 10.9 Å². The maximum absolute atomic E-state index is 12.2. The zero-order valence-electron chi connectivity index (χ0n) is 18.4. The molecular formula is C24H35IN4O. The normalized spacial score (nSPS) is 15.2. The number of nitrogens with zero attached hydrogens (tertiary/aromatic N) is 2. The standard InChI is InChI=1S/C24H34N4O.HI/c1-4-25-24(27-21-13-16-28(17-14-21)23(29)18(2)3)26-15-12-20-10-7-9-19-8-5-6-11-22(19)20;/h5-11,18,21H,4,12-17H2,1-3H3,(H2,25,26,27);1H. The van der Waals surface area contributed by atoms with E-state index in [4.69, 9.17) is 4.99 Å². The Morgan fingerprint density at radius 1 is 1.13 bits per heavy atom. The number of fused-ring (bicyclic) bond motifs is 1. The van der Waals surface area contributed by atoms with Gasteiger partial charge in [0.05, 0.1) is 0 Å². The molecule has 0 radical (unpaired) electrons. The number of likely N-dealkylation sites (tertiary alicyclic amines) is 1. The van der Waals surface area contributed by atoms with Crippen LogP contribution in [-0.4, -0.2) is 49.0 Å². The average molecular weight is 522 g/mol. The van der Waals surface area contributed by atoms with Gasteiger partial charge < -0.3 is 15.5 Å². The summed E-state index contributed by atoms with van der Waals surface area (Å²) >= 11 is 0. The predicted octanol–water partition coefficient (Wildman–Crippen LogP) is 4.20. The van der Waals surface area contributed by atoms with Gasteiger partial charge in [0.2, 0.25) is 5.91 Å². The third-order valence-corrected chi connectivity index (χ3v) is 5.52. The second kappa shape index (κ2) is 12.1. The van der Waals surface area contributed by atoms with E-state index in [1.54, 1.807) is 0 Å².